The van der Waals surface area contributed by atoms with E-state index in [0.717, 1.165) is 33.1 Å². The first-order valence-corrected chi connectivity index (χ1v) is 7.98. The highest BCUT2D eigenvalue weighted by Gasteiger charge is 2.29. The summed E-state index contributed by atoms with van der Waals surface area (Å²) in [5.74, 6) is 0.647. The number of carbonyl (C=O) groups excluding carboxylic acids is 1. The molecule has 0 aliphatic heterocycles. The summed E-state index contributed by atoms with van der Waals surface area (Å²) in [6.45, 7) is 0. The lowest BCUT2D eigenvalue weighted by atomic mass is 10.3. The van der Waals surface area contributed by atoms with Gasteiger partial charge in [-0.3, -0.25) is 4.79 Å². The topological polar surface area (TPSA) is 59.2 Å². The number of hydrogen-bond donors (Lipinski definition) is 1. The van der Waals surface area contributed by atoms with Crippen molar-refractivity contribution in [1.82, 2.24) is 9.88 Å². The second kappa shape index (κ2) is 5.02. The lowest BCUT2D eigenvalue weighted by Gasteiger charge is -2.15. The number of benzene rings is 1. The molecule has 3 rings (SSSR count). The first-order valence-electron chi connectivity index (χ1n) is 6.18. The number of aromatic nitrogens is 1. The van der Waals surface area contributed by atoms with E-state index in [9.17, 15) is 4.79 Å². The van der Waals surface area contributed by atoms with Gasteiger partial charge in [0.05, 0.1) is 16.0 Å². The molecule has 0 radical (unpaired) electrons. The third-order valence-corrected chi connectivity index (χ3v) is 5.35. The maximum atomic E-state index is 11.9. The highest BCUT2D eigenvalue weighted by molar-refractivity contribution is 8.01. The molecule has 1 heterocycles. The Morgan fingerprint density at radius 3 is 3.11 bits per heavy atom. The lowest BCUT2D eigenvalue weighted by molar-refractivity contribution is -0.127. The first-order chi connectivity index (χ1) is 9.13. The number of anilines is 1. The van der Waals surface area contributed by atoms with Gasteiger partial charge in [-0.05, 0) is 31.0 Å². The highest BCUT2D eigenvalue weighted by atomic mass is 32.2. The van der Waals surface area contributed by atoms with Crippen LogP contribution in [0.25, 0.3) is 10.2 Å². The van der Waals surface area contributed by atoms with Gasteiger partial charge in [0, 0.05) is 18.8 Å². The zero-order valence-corrected chi connectivity index (χ0v) is 12.3. The normalized spacial score (nSPS) is 14.8. The molecule has 0 bridgehead atoms. The molecular formula is C13H15N3OS2. The molecule has 19 heavy (non-hydrogen) atoms. The van der Waals surface area contributed by atoms with Gasteiger partial charge < -0.3 is 10.6 Å². The van der Waals surface area contributed by atoms with Gasteiger partial charge in [0.2, 0.25) is 5.91 Å². The molecule has 1 aromatic carbocycles. The monoisotopic (exact) mass is 293 g/mol. The molecule has 0 atom stereocenters. The van der Waals surface area contributed by atoms with Crippen LogP contribution in [0.15, 0.2) is 22.5 Å². The zero-order chi connectivity index (χ0) is 13.4. The van der Waals surface area contributed by atoms with Crippen molar-refractivity contribution in [2.75, 3.05) is 18.5 Å². The van der Waals surface area contributed by atoms with Crippen molar-refractivity contribution in [3.63, 3.8) is 0 Å². The minimum Gasteiger partial charge on any atom is -0.399 e. The first kappa shape index (κ1) is 12.7. The molecule has 1 amide bonds. The van der Waals surface area contributed by atoms with Crippen LogP contribution in [0.2, 0.25) is 0 Å². The Morgan fingerprint density at radius 1 is 1.58 bits per heavy atom. The molecule has 2 N–H and O–H groups in total. The van der Waals surface area contributed by atoms with Gasteiger partial charge >= 0.3 is 0 Å². The molecule has 1 fully saturated rings. The number of rotatable bonds is 4. The Morgan fingerprint density at radius 2 is 2.37 bits per heavy atom. The van der Waals surface area contributed by atoms with Crippen LogP contribution >= 0.6 is 23.1 Å². The molecule has 0 unspecified atom stereocenters. The van der Waals surface area contributed by atoms with Crippen LogP contribution in [0.4, 0.5) is 5.69 Å². The van der Waals surface area contributed by atoms with Gasteiger partial charge in [-0.1, -0.05) is 11.8 Å². The number of carbonyl (C=O) groups is 1. The molecule has 2 aromatic rings. The van der Waals surface area contributed by atoms with Crippen molar-refractivity contribution in [2.45, 2.75) is 23.2 Å². The Kier molecular flexibility index (Phi) is 3.36. The molecule has 1 aromatic heterocycles. The number of fused-ring (bicyclic) bond motifs is 1. The number of thioether (sulfide) groups is 1. The number of hydrogen-bond acceptors (Lipinski definition) is 5. The largest absolute Gasteiger partial charge is 0.399 e. The fraction of sp³-hybridized carbons (Fsp3) is 0.385. The third-order valence-electron chi connectivity index (χ3n) is 3.20. The van der Waals surface area contributed by atoms with Gasteiger partial charge in [0.1, 0.15) is 0 Å². The molecule has 1 aliphatic carbocycles. The fourth-order valence-corrected chi connectivity index (χ4v) is 3.91. The highest BCUT2D eigenvalue weighted by Crippen LogP contribution is 2.31. The van der Waals surface area contributed by atoms with Crippen molar-refractivity contribution in [3.05, 3.63) is 18.2 Å². The predicted molar refractivity (Wildman–Crippen MR) is 80.5 cm³/mol. The van der Waals surface area contributed by atoms with Crippen molar-refractivity contribution >= 4 is 44.9 Å². The van der Waals surface area contributed by atoms with Gasteiger partial charge in [-0.15, -0.1) is 11.3 Å². The molecule has 4 nitrogen and oxygen atoms in total. The average molecular weight is 293 g/mol. The SMILES string of the molecule is CN(C(=O)CSc1nc2ccc(N)cc2s1)C1CC1. The van der Waals surface area contributed by atoms with Crippen LogP contribution in [0, 0.1) is 0 Å². The molecule has 100 valence electrons. The smallest absolute Gasteiger partial charge is 0.233 e. The van der Waals surface area contributed by atoms with E-state index in [2.05, 4.69) is 4.98 Å². The van der Waals surface area contributed by atoms with Crippen LogP contribution in [-0.4, -0.2) is 34.6 Å². The van der Waals surface area contributed by atoms with Crippen LogP contribution in [0.3, 0.4) is 0 Å². The van der Waals surface area contributed by atoms with Crippen LogP contribution in [-0.2, 0) is 4.79 Å². The molecular weight excluding hydrogens is 278 g/mol. The molecule has 0 saturated heterocycles. The predicted octanol–water partition coefficient (Wildman–Crippen LogP) is 2.59. The summed E-state index contributed by atoms with van der Waals surface area (Å²) < 4.78 is 2.00. The summed E-state index contributed by atoms with van der Waals surface area (Å²) in [5.41, 5.74) is 7.44. The summed E-state index contributed by atoms with van der Waals surface area (Å²) in [7, 11) is 1.89. The molecule has 1 aliphatic rings. The van der Waals surface area contributed by atoms with Gasteiger partial charge in [-0.2, -0.15) is 0 Å². The summed E-state index contributed by atoms with van der Waals surface area (Å²) in [6, 6.07) is 6.17. The number of amides is 1. The number of nitrogen functional groups attached to an aromatic ring is 1. The van der Waals surface area contributed by atoms with E-state index in [-0.39, 0.29) is 5.91 Å². The molecule has 0 spiro atoms. The van der Waals surface area contributed by atoms with E-state index >= 15 is 0 Å². The van der Waals surface area contributed by atoms with Crippen molar-refractivity contribution in [3.8, 4) is 0 Å². The number of thiazole rings is 1. The number of nitrogens with two attached hydrogens (primary N) is 1. The van der Waals surface area contributed by atoms with Crippen LogP contribution in [0.1, 0.15) is 12.8 Å². The van der Waals surface area contributed by atoms with Crippen LogP contribution < -0.4 is 5.73 Å². The maximum Gasteiger partial charge on any atom is 0.233 e. The summed E-state index contributed by atoms with van der Waals surface area (Å²) in [5, 5.41) is 0. The van der Waals surface area contributed by atoms with E-state index in [0.29, 0.717) is 11.8 Å². The number of nitrogens with zero attached hydrogens (tertiary/aromatic N) is 2. The van der Waals surface area contributed by atoms with E-state index < -0.39 is 0 Å². The fourth-order valence-electron chi connectivity index (χ4n) is 1.87. The summed E-state index contributed by atoms with van der Waals surface area (Å²) in [6.07, 6.45) is 2.29. The minimum atomic E-state index is 0.186. The van der Waals surface area contributed by atoms with Gasteiger partial charge in [0.25, 0.3) is 0 Å². The van der Waals surface area contributed by atoms with Crippen molar-refractivity contribution in [1.29, 1.82) is 0 Å². The zero-order valence-electron chi connectivity index (χ0n) is 10.6. The molecule has 1 saturated carbocycles. The maximum absolute atomic E-state index is 11.9. The standard InChI is InChI=1S/C13H15N3OS2/c1-16(9-3-4-9)12(17)7-18-13-15-10-5-2-8(14)6-11(10)19-13/h2,5-6,9H,3-4,7,14H2,1H3. The van der Waals surface area contributed by atoms with Gasteiger partial charge in [-0.25, -0.2) is 4.98 Å². The van der Waals surface area contributed by atoms with E-state index in [1.807, 2.05) is 30.1 Å². The van der Waals surface area contributed by atoms with Gasteiger partial charge in [0.15, 0.2) is 4.34 Å². The second-order valence-corrected chi connectivity index (χ2v) is 6.98. The van der Waals surface area contributed by atoms with E-state index in [1.165, 1.54) is 11.8 Å². The average Bonchev–Trinajstić information content (AvgIpc) is 3.16. The van der Waals surface area contributed by atoms with Crippen LogP contribution in [0.5, 0.6) is 0 Å². The van der Waals surface area contributed by atoms with Crippen molar-refractivity contribution < 1.29 is 4.79 Å². The van der Waals surface area contributed by atoms with Crippen molar-refractivity contribution in [2.24, 2.45) is 0 Å². The Balaban J connectivity index is 1.66. The summed E-state index contributed by atoms with van der Waals surface area (Å²) >= 11 is 3.10. The Labute approximate surface area is 120 Å². The summed E-state index contributed by atoms with van der Waals surface area (Å²) in [4.78, 5) is 18.3. The second-order valence-electron chi connectivity index (χ2n) is 4.73. The minimum absolute atomic E-state index is 0.186. The molecule has 6 heteroatoms. The van der Waals surface area contributed by atoms with E-state index in [4.69, 9.17) is 5.73 Å². The Hall–Kier alpha value is -1.27. The lowest BCUT2D eigenvalue weighted by Crippen LogP contribution is -2.30. The third kappa shape index (κ3) is 2.84. The Bertz CT molecular complexity index is 621. The quantitative estimate of drug-likeness (QED) is 0.695. The van der Waals surface area contributed by atoms with E-state index in [1.54, 1.807) is 11.3 Å².